The summed E-state index contributed by atoms with van der Waals surface area (Å²) in [6.45, 7) is 26.0. The second kappa shape index (κ2) is 13.1. The highest BCUT2D eigenvalue weighted by atomic mass is 16.6. The molecule has 44 heavy (non-hydrogen) atoms. The second-order valence-electron chi connectivity index (χ2n) is 17.3. The number of nitrogens with one attached hydrogen (secondary N) is 4. The first-order valence-electron chi connectivity index (χ1n) is 17.8. The SMILES string of the molecule is CCCC1(CCC)NC(=O)C2(CC(C)(C)NC(C)(C)C2)O1.CCCCC1(CCCC)NC(=O)C2(CC(C)(C)NC(C)(C)C2)O1. The van der Waals surface area contributed by atoms with Crippen LogP contribution in [0.5, 0.6) is 0 Å². The van der Waals surface area contributed by atoms with E-state index in [1.165, 1.54) is 0 Å². The van der Waals surface area contributed by atoms with Gasteiger partial charge in [0.2, 0.25) is 0 Å². The Labute approximate surface area is 269 Å². The van der Waals surface area contributed by atoms with Crippen LogP contribution >= 0.6 is 0 Å². The molecule has 2 spiro atoms. The van der Waals surface area contributed by atoms with Gasteiger partial charge in [0.1, 0.15) is 11.4 Å². The first-order chi connectivity index (χ1) is 20.2. The highest BCUT2D eigenvalue weighted by Crippen LogP contribution is 2.47. The van der Waals surface area contributed by atoms with Crippen molar-refractivity contribution in [1.29, 1.82) is 0 Å². The van der Waals surface area contributed by atoms with E-state index < -0.39 is 22.7 Å². The van der Waals surface area contributed by atoms with Crippen molar-refractivity contribution in [2.24, 2.45) is 0 Å². The second-order valence-corrected chi connectivity index (χ2v) is 17.3. The van der Waals surface area contributed by atoms with Crippen LogP contribution in [0.2, 0.25) is 0 Å². The zero-order valence-corrected chi connectivity index (χ0v) is 30.5. The largest absolute Gasteiger partial charge is 0.339 e. The summed E-state index contributed by atoms with van der Waals surface area (Å²) in [5, 5.41) is 13.8. The van der Waals surface area contributed by atoms with Crippen LogP contribution in [0.4, 0.5) is 0 Å². The van der Waals surface area contributed by atoms with Crippen molar-refractivity contribution in [2.75, 3.05) is 0 Å². The van der Waals surface area contributed by atoms with Crippen LogP contribution < -0.4 is 21.3 Å². The van der Waals surface area contributed by atoms with Gasteiger partial charge in [0, 0.05) is 47.8 Å². The maximum Gasteiger partial charge on any atom is 0.254 e. The number of hydrogen-bond acceptors (Lipinski definition) is 6. The van der Waals surface area contributed by atoms with Gasteiger partial charge in [0.25, 0.3) is 11.8 Å². The average Bonchev–Trinajstić information content (AvgIpc) is 3.22. The van der Waals surface area contributed by atoms with Crippen molar-refractivity contribution in [3.05, 3.63) is 0 Å². The number of amides is 2. The molecule has 0 aromatic rings. The average molecular weight is 621 g/mol. The molecule has 4 fully saturated rings. The normalized spacial score (nSPS) is 27.8. The van der Waals surface area contributed by atoms with Gasteiger partial charge in [-0.2, -0.15) is 0 Å². The topological polar surface area (TPSA) is 101 Å². The summed E-state index contributed by atoms with van der Waals surface area (Å²) < 4.78 is 13.2. The number of carbonyl (C=O) groups excluding carboxylic acids is 2. The van der Waals surface area contributed by atoms with Crippen molar-refractivity contribution >= 4 is 11.8 Å². The smallest absolute Gasteiger partial charge is 0.254 e. The molecule has 256 valence electrons. The lowest BCUT2D eigenvalue weighted by atomic mass is 9.72. The molecule has 0 radical (unpaired) electrons. The van der Waals surface area contributed by atoms with Crippen molar-refractivity contribution in [2.45, 2.75) is 218 Å². The van der Waals surface area contributed by atoms with Gasteiger partial charge in [0.15, 0.2) is 11.2 Å². The molecule has 2 amide bonds. The molecule has 0 aromatic carbocycles. The van der Waals surface area contributed by atoms with Gasteiger partial charge in [-0.1, -0.05) is 53.4 Å². The molecule has 0 saturated carbocycles. The summed E-state index contributed by atoms with van der Waals surface area (Å²) in [4.78, 5) is 25.8. The van der Waals surface area contributed by atoms with Crippen LogP contribution in [0.15, 0.2) is 0 Å². The van der Waals surface area contributed by atoms with Crippen LogP contribution in [-0.2, 0) is 19.1 Å². The third-order valence-corrected chi connectivity index (χ3v) is 9.73. The molecule has 4 aliphatic rings. The Morgan fingerprint density at radius 2 is 0.795 bits per heavy atom. The van der Waals surface area contributed by atoms with E-state index in [0.717, 1.165) is 89.9 Å². The van der Waals surface area contributed by atoms with E-state index in [4.69, 9.17) is 9.47 Å². The molecule has 4 heterocycles. The monoisotopic (exact) mass is 621 g/mol. The lowest BCUT2D eigenvalue weighted by molar-refractivity contribution is -0.165. The van der Waals surface area contributed by atoms with Gasteiger partial charge in [-0.3, -0.25) is 9.59 Å². The van der Waals surface area contributed by atoms with Crippen molar-refractivity contribution in [1.82, 2.24) is 21.3 Å². The third kappa shape index (κ3) is 8.57. The van der Waals surface area contributed by atoms with Gasteiger partial charge in [-0.15, -0.1) is 0 Å². The van der Waals surface area contributed by atoms with E-state index in [1.54, 1.807) is 0 Å². The minimum atomic E-state index is -0.681. The zero-order valence-electron chi connectivity index (χ0n) is 30.5. The number of hydrogen-bond donors (Lipinski definition) is 4. The van der Waals surface area contributed by atoms with E-state index >= 15 is 0 Å². The Balaban J connectivity index is 0.000000241. The highest BCUT2D eigenvalue weighted by Gasteiger charge is 2.62. The molecule has 0 aliphatic carbocycles. The van der Waals surface area contributed by atoms with Gasteiger partial charge in [0.05, 0.1) is 0 Å². The Kier molecular flexibility index (Phi) is 11.1. The van der Waals surface area contributed by atoms with Crippen molar-refractivity contribution < 1.29 is 19.1 Å². The molecule has 8 heteroatoms. The van der Waals surface area contributed by atoms with Crippen molar-refractivity contribution in [3.8, 4) is 0 Å². The number of piperidine rings is 2. The highest BCUT2D eigenvalue weighted by molar-refractivity contribution is 5.89. The summed E-state index contributed by atoms with van der Waals surface area (Å²) in [7, 11) is 0. The molecular weight excluding hydrogens is 552 g/mol. The molecule has 0 aromatic heterocycles. The van der Waals surface area contributed by atoms with Crippen LogP contribution in [0.25, 0.3) is 0 Å². The fourth-order valence-corrected chi connectivity index (χ4v) is 9.42. The minimum absolute atomic E-state index is 0.0899. The van der Waals surface area contributed by atoms with Crippen LogP contribution in [-0.4, -0.2) is 56.6 Å². The summed E-state index contributed by atoms with van der Waals surface area (Å²) in [6, 6.07) is 0. The van der Waals surface area contributed by atoms with Gasteiger partial charge in [-0.25, -0.2) is 0 Å². The number of carbonyl (C=O) groups is 2. The fraction of sp³-hybridized carbons (Fsp3) is 0.944. The molecule has 4 N–H and O–H groups in total. The first-order valence-corrected chi connectivity index (χ1v) is 17.8. The van der Waals surface area contributed by atoms with Gasteiger partial charge >= 0.3 is 0 Å². The lowest BCUT2D eigenvalue weighted by Gasteiger charge is -2.50. The van der Waals surface area contributed by atoms with E-state index in [9.17, 15) is 9.59 Å². The summed E-state index contributed by atoms with van der Waals surface area (Å²) >= 11 is 0. The Bertz CT molecular complexity index is 972. The molecule has 4 saturated heterocycles. The van der Waals surface area contributed by atoms with E-state index in [0.29, 0.717) is 0 Å². The maximum absolute atomic E-state index is 13.0. The lowest BCUT2D eigenvalue weighted by Crippen LogP contribution is -2.65. The predicted octanol–water partition coefficient (Wildman–Crippen LogP) is 7.00. The molecule has 8 nitrogen and oxygen atoms in total. The van der Waals surface area contributed by atoms with E-state index in [2.05, 4.69) is 104 Å². The molecule has 0 atom stereocenters. The van der Waals surface area contributed by atoms with Crippen LogP contribution in [0, 0.1) is 0 Å². The predicted molar refractivity (Wildman–Crippen MR) is 179 cm³/mol. The first kappa shape index (κ1) is 37.2. The standard InChI is InChI=1S/C19H36N2O2.C17H32N2O2/c1-7-9-11-19(12-10-8-2)20-15(22)18(23-19)13-16(3,4)21-17(5,6)14-18;1-7-9-17(10-8-2)18-13(20)16(21-17)11-14(3,4)19-15(5,6)12-16/h21H,7-14H2,1-6H3,(H,20,22);19H,7-12H2,1-6H3,(H,18,20). The Morgan fingerprint density at radius 1 is 0.500 bits per heavy atom. The Morgan fingerprint density at radius 3 is 1.07 bits per heavy atom. The number of rotatable bonds is 10. The van der Waals surface area contributed by atoms with Gasteiger partial charge < -0.3 is 30.7 Å². The van der Waals surface area contributed by atoms with E-state index in [1.807, 2.05) is 0 Å². The van der Waals surface area contributed by atoms with E-state index in [-0.39, 0.29) is 34.0 Å². The van der Waals surface area contributed by atoms with Crippen LogP contribution in [0.1, 0.15) is 173 Å². The number of unbranched alkanes of at least 4 members (excludes halogenated alkanes) is 2. The fourth-order valence-electron chi connectivity index (χ4n) is 9.42. The third-order valence-electron chi connectivity index (χ3n) is 9.73. The Hall–Kier alpha value is -1.22. The summed E-state index contributed by atoms with van der Waals surface area (Å²) in [5.41, 5.74) is -2.68. The van der Waals surface area contributed by atoms with Gasteiger partial charge in [-0.05, 0) is 93.9 Å². The molecule has 0 bridgehead atoms. The summed E-state index contributed by atoms with van der Waals surface area (Å²) in [5.74, 6) is 0.194. The molecular formula is C36H68N4O4. The zero-order chi connectivity index (χ0) is 33.3. The quantitative estimate of drug-likeness (QED) is 0.210. The van der Waals surface area contributed by atoms with Crippen LogP contribution in [0.3, 0.4) is 0 Å². The molecule has 4 rings (SSSR count). The summed E-state index contributed by atoms with van der Waals surface area (Å²) in [6.07, 6.45) is 13.0. The minimum Gasteiger partial charge on any atom is -0.339 e. The number of ether oxygens (including phenoxy) is 2. The maximum atomic E-state index is 13.0. The molecule has 4 aliphatic heterocycles. The molecule has 0 unspecified atom stereocenters. The van der Waals surface area contributed by atoms with Crippen molar-refractivity contribution in [3.63, 3.8) is 0 Å².